The monoisotopic (exact) mass is 213 g/mol. The smallest absolute Gasteiger partial charge is 0.326 e. The van der Waals surface area contributed by atoms with E-state index >= 15 is 0 Å². The molecule has 1 aliphatic carbocycles. The van der Waals surface area contributed by atoms with Crippen molar-refractivity contribution in [2.24, 2.45) is 0 Å². The zero-order valence-corrected chi connectivity index (χ0v) is 9.33. The van der Waals surface area contributed by atoms with Gasteiger partial charge in [0.15, 0.2) is 0 Å². The van der Waals surface area contributed by atoms with E-state index in [0.717, 1.165) is 52.0 Å². The van der Waals surface area contributed by atoms with Gasteiger partial charge < -0.3 is 9.47 Å². The molecule has 4 heteroatoms. The summed E-state index contributed by atoms with van der Waals surface area (Å²) >= 11 is 0. The average molecular weight is 213 g/mol. The van der Waals surface area contributed by atoms with Crippen LogP contribution in [0.1, 0.15) is 25.7 Å². The van der Waals surface area contributed by atoms with Gasteiger partial charge in [0.25, 0.3) is 0 Å². The highest BCUT2D eigenvalue weighted by Crippen LogP contribution is 2.36. The third-order valence-electron chi connectivity index (χ3n) is 3.61. The molecule has 1 saturated carbocycles. The summed E-state index contributed by atoms with van der Waals surface area (Å²) in [7, 11) is 1.49. The Bertz CT molecular complexity index is 230. The Labute approximate surface area is 90.5 Å². The number of methoxy groups -OCH3 is 1. The second-order valence-electron chi connectivity index (χ2n) is 4.33. The fourth-order valence-electron chi connectivity index (χ4n) is 2.79. The standard InChI is InChI=1S/C11H19NO3/c1-14-10(13)11(4-2-3-5-11)12-6-8-15-9-7-12/h2-9H2,1H3. The van der Waals surface area contributed by atoms with Gasteiger partial charge in [-0.15, -0.1) is 0 Å². The number of hydrogen-bond donors (Lipinski definition) is 0. The van der Waals surface area contributed by atoms with Crippen molar-refractivity contribution in [3.63, 3.8) is 0 Å². The van der Waals surface area contributed by atoms with Crippen molar-refractivity contribution in [1.82, 2.24) is 4.90 Å². The zero-order valence-electron chi connectivity index (χ0n) is 9.33. The molecule has 4 nitrogen and oxygen atoms in total. The van der Waals surface area contributed by atoms with Crippen LogP contribution >= 0.6 is 0 Å². The summed E-state index contributed by atoms with van der Waals surface area (Å²) in [4.78, 5) is 14.2. The summed E-state index contributed by atoms with van der Waals surface area (Å²) < 4.78 is 10.3. The topological polar surface area (TPSA) is 38.8 Å². The predicted molar refractivity (Wildman–Crippen MR) is 55.6 cm³/mol. The van der Waals surface area contributed by atoms with Crippen molar-refractivity contribution in [3.8, 4) is 0 Å². The second-order valence-corrected chi connectivity index (χ2v) is 4.33. The zero-order chi connectivity index (χ0) is 10.7. The van der Waals surface area contributed by atoms with Gasteiger partial charge in [0.05, 0.1) is 20.3 Å². The predicted octanol–water partition coefficient (Wildman–Crippen LogP) is 0.804. The maximum atomic E-state index is 11.9. The molecule has 0 amide bonds. The van der Waals surface area contributed by atoms with Crippen LogP contribution in [0.2, 0.25) is 0 Å². The summed E-state index contributed by atoms with van der Waals surface area (Å²) in [5.74, 6) is -0.0538. The van der Waals surface area contributed by atoms with Crippen LogP contribution in [0.25, 0.3) is 0 Å². The lowest BCUT2D eigenvalue weighted by molar-refractivity contribution is -0.158. The highest BCUT2D eigenvalue weighted by Gasteiger charge is 2.47. The third-order valence-corrected chi connectivity index (χ3v) is 3.61. The van der Waals surface area contributed by atoms with Crippen LogP contribution in [0.3, 0.4) is 0 Å². The number of carbonyl (C=O) groups excluding carboxylic acids is 1. The summed E-state index contributed by atoms with van der Waals surface area (Å²) in [5, 5.41) is 0. The Morgan fingerprint density at radius 1 is 1.27 bits per heavy atom. The largest absolute Gasteiger partial charge is 0.468 e. The molecule has 0 aromatic heterocycles. The van der Waals surface area contributed by atoms with E-state index in [1.807, 2.05) is 0 Å². The Kier molecular flexibility index (Phi) is 3.26. The van der Waals surface area contributed by atoms with Crippen LogP contribution in [0.4, 0.5) is 0 Å². The van der Waals surface area contributed by atoms with Gasteiger partial charge in [-0.05, 0) is 12.8 Å². The van der Waals surface area contributed by atoms with E-state index in [0.29, 0.717) is 0 Å². The number of hydrogen-bond acceptors (Lipinski definition) is 4. The quantitative estimate of drug-likeness (QED) is 0.636. The number of esters is 1. The number of carbonyl (C=O) groups is 1. The Hall–Kier alpha value is -0.610. The molecule has 1 aliphatic heterocycles. The Balaban J connectivity index is 2.13. The molecule has 2 aliphatic rings. The van der Waals surface area contributed by atoms with Crippen LogP contribution < -0.4 is 0 Å². The van der Waals surface area contributed by atoms with E-state index in [1.54, 1.807) is 0 Å². The van der Waals surface area contributed by atoms with E-state index in [-0.39, 0.29) is 11.5 Å². The lowest BCUT2D eigenvalue weighted by Crippen LogP contribution is -2.57. The first-order valence-corrected chi connectivity index (χ1v) is 5.71. The van der Waals surface area contributed by atoms with Crippen molar-refractivity contribution < 1.29 is 14.3 Å². The molecule has 0 N–H and O–H groups in total. The minimum Gasteiger partial charge on any atom is -0.468 e. The number of morpholine rings is 1. The lowest BCUT2D eigenvalue weighted by atomic mass is 9.94. The van der Waals surface area contributed by atoms with Crippen molar-refractivity contribution in [2.75, 3.05) is 33.4 Å². The number of ether oxygens (including phenoxy) is 2. The van der Waals surface area contributed by atoms with E-state index in [4.69, 9.17) is 9.47 Å². The first kappa shape index (κ1) is 10.9. The summed E-state index contributed by atoms with van der Waals surface area (Å²) in [6.45, 7) is 3.18. The van der Waals surface area contributed by atoms with Crippen molar-refractivity contribution >= 4 is 5.97 Å². The van der Waals surface area contributed by atoms with Crippen LogP contribution in [-0.4, -0.2) is 49.8 Å². The number of nitrogens with zero attached hydrogens (tertiary/aromatic N) is 1. The Morgan fingerprint density at radius 3 is 2.40 bits per heavy atom. The highest BCUT2D eigenvalue weighted by atomic mass is 16.5. The molecular weight excluding hydrogens is 194 g/mol. The van der Waals surface area contributed by atoms with Gasteiger partial charge >= 0.3 is 5.97 Å². The molecule has 0 radical (unpaired) electrons. The molecule has 0 aromatic rings. The molecule has 0 spiro atoms. The minimum absolute atomic E-state index is 0.0538. The van der Waals surface area contributed by atoms with Crippen molar-refractivity contribution in [2.45, 2.75) is 31.2 Å². The van der Waals surface area contributed by atoms with Gasteiger partial charge in [0.2, 0.25) is 0 Å². The maximum absolute atomic E-state index is 11.9. The highest BCUT2D eigenvalue weighted by molar-refractivity contribution is 5.81. The van der Waals surface area contributed by atoms with Gasteiger partial charge in [0, 0.05) is 13.1 Å². The molecule has 2 rings (SSSR count). The summed E-state index contributed by atoms with van der Waals surface area (Å²) in [5.41, 5.74) is -0.335. The van der Waals surface area contributed by atoms with Crippen LogP contribution in [0.15, 0.2) is 0 Å². The second kappa shape index (κ2) is 4.49. The van der Waals surface area contributed by atoms with Gasteiger partial charge in [-0.2, -0.15) is 0 Å². The molecule has 1 heterocycles. The van der Waals surface area contributed by atoms with Gasteiger partial charge in [0.1, 0.15) is 5.54 Å². The van der Waals surface area contributed by atoms with E-state index < -0.39 is 0 Å². The minimum atomic E-state index is -0.335. The van der Waals surface area contributed by atoms with Crippen LogP contribution in [0, 0.1) is 0 Å². The molecule has 0 bridgehead atoms. The van der Waals surface area contributed by atoms with Gasteiger partial charge in [-0.1, -0.05) is 12.8 Å². The fourth-order valence-corrected chi connectivity index (χ4v) is 2.79. The molecule has 86 valence electrons. The molecule has 0 atom stereocenters. The first-order valence-electron chi connectivity index (χ1n) is 5.71. The summed E-state index contributed by atoms with van der Waals surface area (Å²) in [6, 6.07) is 0. The van der Waals surface area contributed by atoms with Crippen LogP contribution in [0.5, 0.6) is 0 Å². The SMILES string of the molecule is COC(=O)C1(N2CCOCC2)CCCC1. The molecule has 2 fully saturated rings. The molecular formula is C11H19NO3. The number of rotatable bonds is 2. The lowest BCUT2D eigenvalue weighted by Gasteiger charge is -2.40. The first-order chi connectivity index (χ1) is 7.29. The Morgan fingerprint density at radius 2 is 1.87 bits per heavy atom. The van der Waals surface area contributed by atoms with Crippen molar-refractivity contribution in [1.29, 1.82) is 0 Å². The molecule has 0 unspecified atom stereocenters. The van der Waals surface area contributed by atoms with E-state index in [2.05, 4.69) is 4.90 Å². The fraction of sp³-hybridized carbons (Fsp3) is 0.909. The average Bonchev–Trinajstić information content (AvgIpc) is 2.79. The molecule has 0 aromatic carbocycles. The van der Waals surface area contributed by atoms with Crippen LogP contribution in [-0.2, 0) is 14.3 Å². The van der Waals surface area contributed by atoms with E-state index in [1.165, 1.54) is 7.11 Å². The van der Waals surface area contributed by atoms with E-state index in [9.17, 15) is 4.79 Å². The maximum Gasteiger partial charge on any atom is 0.326 e. The van der Waals surface area contributed by atoms with Crippen molar-refractivity contribution in [3.05, 3.63) is 0 Å². The van der Waals surface area contributed by atoms with Gasteiger partial charge in [-0.3, -0.25) is 9.69 Å². The summed E-state index contributed by atoms with van der Waals surface area (Å²) in [6.07, 6.45) is 4.15. The van der Waals surface area contributed by atoms with Gasteiger partial charge in [-0.25, -0.2) is 0 Å². The molecule has 15 heavy (non-hydrogen) atoms. The normalized spacial score (nSPS) is 26.5. The molecule has 1 saturated heterocycles. The third kappa shape index (κ3) is 1.88.